The van der Waals surface area contributed by atoms with Crippen molar-refractivity contribution in [2.45, 2.75) is 19.3 Å². The molecule has 21 heavy (non-hydrogen) atoms. The zero-order chi connectivity index (χ0) is 15.9. The van der Waals surface area contributed by atoms with Crippen LogP contribution in [0, 0.1) is 11.3 Å². The Morgan fingerprint density at radius 3 is 2.14 bits per heavy atom. The lowest BCUT2D eigenvalue weighted by Gasteiger charge is -2.32. The van der Waals surface area contributed by atoms with Crippen LogP contribution in [-0.4, -0.2) is 41.5 Å². The van der Waals surface area contributed by atoms with E-state index in [-0.39, 0.29) is 5.96 Å². The van der Waals surface area contributed by atoms with Crippen molar-refractivity contribution in [3.8, 4) is 0 Å². The molecule has 8 heteroatoms. The molecule has 1 heterocycles. The fraction of sp³-hybridized carbons (Fsp3) is 0.462. The van der Waals surface area contributed by atoms with Crippen LogP contribution in [0.2, 0.25) is 0 Å². The summed E-state index contributed by atoms with van der Waals surface area (Å²) in [7, 11) is -4.67. The van der Waals surface area contributed by atoms with Gasteiger partial charge in [-0.25, -0.2) is 0 Å². The summed E-state index contributed by atoms with van der Waals surface area (Å²) in [5, 5.41) is 7.38. The van der Waals surface area contributed by atoms with Crippen molar-refractivity contribution < 1.29 is 17.5 Å². The zero-order valence-electron chi connectivity index (χ0n) is 11.6. The van der Waals surface area contributed by atoms with E-state index in [1.54, 1.807) is 0 Å². The van der Waals surface area contributed by atoms with Crippen LogP contribution < -0.4 is 5.73 Å². The second kappa shape index (κ2) is 7.96. The van der Waals surface area contributed by atoms with Crippen molar-refractivity contribution in [2.24, 2.45) is 11.7 Å². The first-order valence-corrected chi connectivity index (χ1v) is 7.98. The van der Waals surface area contributed by atoms with E-state index >= 15 is 0 Å². The fourth-order valence-electron chi connectivity index (χ4n) is 2.33. The van der Waals surface area contributed by atoms with Gasteiger partial charge in [-0.2, -0.15) is 8.42 Å². The van der Waals surface area contributed by atoms with Crippen LogP contribution in [0.3, 0.4) is 0 Å². The van der Waals surface area contributed by atoms with E-state index in [4.69, 9.17) is 28.7 Å². The number of benzene rings is 1. The predicted molar refractivity (Wildman–Crippen MR) is 80.5 cm³/mol. The second-order valence-corrected chi connectivity index (χ2v) is 5.85. The highest BCUT2D eigenvalue weighted by Gasteiger charge is 2.19. The number of hydrogen-bond donors (Lipinski definition) is 4. The van der Waals surface area contributed by atoms with Gasteiger partial charge >= 0.3 is 10.4 Å². The lowest BCUT2D eigenvalue weighted by molar-refractivity contribution is 0.262. The fourth-order valence-corrected chi connectivity index (χ4v) is 2.33. The van der Waals surface area contributed by atoms with Crippen molar-refractivity contribution in [2.75, 3.05) is 13.1 Å². The summed E-state index contributed by atoms with van der Waals surface area (Å²) in [5.41, 5.74) is 6.89. The monoisotopic (exact) mass is 315 g/mol. The summed E-state index contributed by atoms with van der Waals surface area (Å²) in [6.45, 7) is 1.87. The molecule has 7 nitrogen and oxygen atoms in total. The van der Waals surface area contributed by atoms with Crippen molar-refractivity contribution in [3.63, 3.8) is 0 Å². The Morgan fingerprint density at radius 2 is 1.71 bits per heavy atom. The summed E-state index contributed by atoms with van der Waals surface area (Å²) in [5.74, 6) is 0.969. The van der Waals surface area contributed by atoms with Gasteiger partial charge in [-0.15, -0.1) is 0 Å². The molecule has 1 fully saturated rings. The van der Waals surface area contributed by atoms with Crippen molar-refractivity contribution in [1.29, 1.82) is 5.41 Å². The van der Waals surface area contributed by atoms with E-state index in [0.717, 1.165) is 38.3 Å². The third-order valence-electron chi connectivity index (χ3n) is 3.32. The lowest BCUT2D eigenvalue weighted by Crippen LogP contribution is -2.42. The third kappa shape index (κ3) is 8.28. The molecule has 1 aromatic carbocycles. The summed E-state index contributed by atoms with van der Waals surface area (Å²) >= 11 is 0. The third-order valence-corrected chi connectivity index (χ3v) is 3.32. The van der Waals surface area contributed by atoms with Crippen LogP contribution in [0.4, 0.5) is 0 Å². The average Bonchev–Trinajstić information content (AvgIpc) is 2.38. The molecule has 2 rings (SSSR count). The molecule has 118 valence electrons. The maximum atomic E-state index is 8.74. The summed E-state index contributed by atoms with van der Waals surface area (Å²) < 4.78 is 31.6. The van der Waals surface area contributed by atoms with E-state index < -0.39 is 10.4 Å². The Bertz CT molecular complexity index is 532. The molecule has 1 aromatic rings. The van der Waals surface area contributed by atoms with Crippen molar-refractivity contribution in [1.82, 2.24) is 4.90 Å². The molecule has 0 bridgehead atoms. The average molecular weight is 315 g/mol. The molecule has 1 saturated heterocycles. The molecule has 5 N–H and O–H groups in total. The highest BCUT2D eigenvalue weighted by molar-refractivity contribution is 7.79. The molecule has 0 saturated carbocycles. The van der Waals surface area contributed by atoms with Crippen molar-refractivity contribution >= 4 is 16.4 Å². The molecule has 0 amide bonds. The van der Waals surface area contributed by atoms with E-state index in [1.807, 2.05) is 4.90 Å². The molecule has 0 aromatic heterocycles. The topological polar surface area (TPSA) is 128 Å². The normalized spacial score (nSPS) is 16.0. The van der Waals surface area contributed by atoms with Crippen LogP contribution >= 0.6 is 0 Å². The van der Waals surface area contributed by atoms with Gasteiger partial charge in [0.2, 0.25) is 0 Å². The first kappa shape index (κ1) is 17.4. The van der Waals surface area contributed by atoms with E-state index in [9.17, 15) is 0 Å². The number of likely N-dealkylation sites (tertiary alicyclic amines) is 1. The minimum atomic E-state index is -4.67. The number of rotatable bonds is 2. The number of nitrogens with one attached hydrogen (secondary N) is 1. The number of nitrogens with zero attached hydrogens (tertiary/aromatic N) is 1. The number of guanidine groups is 1. The van der Waals surface area contributed by atoms with Crippen LogP contribution in [0.1, 0.15) is 18.4 Å². The zero-order valence-corrected chi connectivity index (χ0v) is 12.5. The quantitative estimate of drug-likeness (QED) is 0.368. The van der Waals surface area contributed by atoms with Crippen LogP contribution in [0.5, 0.6) is 0 Å². The molecular weight excluding hydrogens is 294 g/mol. The van der Waals surface area contributed by atoms with Gasteiger partial charge in [-0.3, -0.25) is 14.5 Å². The standard InChI is InChI=1S/C13H19N3.H2O4S/c14-13(15)16-8-6-12(7-9-16)10-11-4-2-1-3-5-11;1-5(2,3)4/h1-5,12H,6-10H2,(H3,14,15);(H2,1,2,3,4). The molecule has 1 aliphatic rings. The van der Waals surface area contributed by atoms with Crippen LogP contribution in [0.25, 0.3) is 0 Å². The van der Waals surface area contributed by atoms with Crippen molar-refractivity contribution in [3.05, 3.63) is 35.9 Å². The smallest absolute Gasteiger partial charge is 0.370 e. The van der Waals surface area contributed by atoms with Gasteiger partial charge in [0.25, 0.3) is 0 Å². The predicted octanol–water partition coefficient (Wildman–Crippen LogP) is 1.18. The van der Waals surface area contributed by atoms with Gasteiger partial charge in [0.15, 0.2) is 5.96 Å². The Labute approximate surface area is 124 Å². The minimum absolute atomic E-state index is 0.221. The van der Waals surface area contributed by atoms with E-state index in [1.165, 1.54) is 5.56 Å². The second-order valence-electron chi connectivity index (χ2n) is 4.95. The van der Waals surface area contributed by atoms with Gasteiger partial charge in [0.1, 0.15) is 0 Å². The Morgan fingerprint density at radius 1 is 1.24 bits per heavy atom. The first-order chi connectivity index (χ1) is 9.75. The molecule has 0 unspecified atom stereocenters. The van der Waals surface area contributed by atoms with Crippen LogP contribution in [0.15, 0.2) is 30.3 Å². The Hall–Kier alpha value is -1.64. The SMILES string of the molecule is N=C(N)N1CCC(Cc2ccccc2)CC1.O=S(=O)(O)O. The maximum absolute atomic E-state index is 8.74. The Balaban J connectivity index is 0.000000383. The minimum Gasteiger partial charge on any atom is -0.370 e. The number of nitrogens with two attached hydrogens (primary N) is 1. The first-order valence-electron chi connectivity index (χ1n) is 6.58. The van der Waals surface area contributed by atoms with Crippen LogP contribution in [-0.2, 0) is 16.8 Å². The molecule has 1 aliphatic heterocycles. The van der Waals surface area contributed by atoms with E-state index in [0.29, 0.717) is 0 Å². The van der Waals surface area contributed by atoms with Gasteiger partial charge in [-0.05, 0) is 30.7 Å². The summed E-state index contributed by atoms with van der Waals surface area (Å²) in [6, 6.07) is 10.6. The molecule has 0 radical (unpaired) electrons. The summed E-state index contributed by atoms with van der Waals surface area (Å²) in [6.07, 6.45) is 3.45. The van der Waals surface area contributed by atoms with Gasteiger partial charge in [-0.1, -0.05) is 30.3 Å². The number of hydrogen-bond acceptors (Lipinski definition) is 3. The molecular formula is C13H21N3O4S. The van der Waals surface area contributed by atoms with E-state index in [2.05, 4.69) is 30.3 Å². The highest BCUT2D eigenvalue weighted by atomic mass is 32.3. The lowest BCUT2D eigenvalue weighted by atomic mass is 9.90. The number of piperidine rings is 1. The van der Waals surface area contributed by atoms with Gasteiger partial charge < -0.3 is 10.6 Å². The van der Waals surface area contributed by atoms with Gasteiger partial charge in [0, 0.05) is 13.1 Å². The van der Waals surface area contributed by atoms with Gasteiger partial charge in [0.05, 0.1) is 0 Å². The Kier molecular flexibility index (Phi) is 6.60. The molecule has 0 atom stereocenters. The molecule has 0 aliphatic carbocycles. The maximum Gasteiger partial charge on any atom is 0.394 e. The highest BCUT2D eigenvalue weighted by Crippen LogP contribution is 2.21. The largest absolute Gasteiger partial charge is 0.394 e. The molecule has 0 spiro atoms. The summed E-state index contributed by atoms with van der Waals surface area (Å²) in [4.78, 5) is 1.96.